The summed E-state index contributed by atoms with van der Waals surface area (Å²) in [6, 6.07) is 11.3. The maximum absolute atomic E-state index is 12.3. The van der Waals surface area contributed by atoms with E-state index in [1.165, 1.54) is 20.3 Å². The van der Waals surface area contributed by atoms with Crippen molar-refractivity contribution in [3.05, 3.63) is 53.6 Å². The average molecular weight is 374 g/mol. The molecule has 0 unspecified atom stereocenters. The molecule has 2 aromatic rings. The molecule has 26 heavy (non-hydrogen) atoms. The van der Waals surface area contributed by atoms with Crippen LogP contribution in [0, 0.1) is 0 Å². The van der Waals surface area contributed by atoms with Gasteiger partial charge >= 0.3 is 5.97 Å². The highest BCUT2D eigenvalue weighted by Gasteiger charge is 2.13. The van der Waals surface area contributed by atoms with Crippen molar-refractivity contribution >= 4 is 34.9 Å². The summed E-state index contributed by atoms with van der Waals surface area (Å²) < 4.78 is 15.1. The molecule has 0 bridgehead atoms. The van der Waals surface area contributed by atoms with Gasteiger partial charge in [0, 0.05) is 11.6 Å². The van der Waals surface area contributed by atoms with Gasteiger partial charge in [-0.2, -0.15) is 0 Å². The monoisotopic (exact) mass is 374 g/mol. The Morgan fingerprint density at radius 2 is 1.69 bits per heavy atom. The van der Waals surface area contributed by atoms with Crippen LogP contribution in [-0.4, -0.2) is 38.3 Å². The maximum Gasteiger partial charge on any atom is 0.337 e. The first-order chi connectivity index (χ1) is 12.5. The molecule has 0 radical (unpaired) electrons. The molecule has 0 saturated carbocycles. The minimum Gasteiger partial charge on any atom is -0.497 e. The summed E-state index contributed by atoms with van der Waals surface area (Å²) in [5.41, 5.74) is 1.09. The first kappa shape index (κ1) is 19.2. The third-order valence-corrected chi connectivity index (χ3v) is 3.63. The minimum atomic E-state index is -0.526. The van der Waals surface area contributed by atoms with E-state index in [1.54, 1.807) is 43.5 Å². The van der Waals surface area contributed by atoms with Gasteiger partial charge in [0.25, 0.3) is 5.91 Å². The van der Waals surface area contributed by atoms with E-state index in [0.717, 1.165) is 0 Å². The average Bonchev–Trinajstić information content (AvgIpc) is 2.67. The van der Waals surface area contributed by atoms with Gasteiger partial charge in [0.05, 0.1) is 32.6 Å². The number of benzene rings is 2. The molecule has 0 atom stereocenters. The fourth-order valence-corrected chi connectivity index (χ4v) is 2.35. The highest BCUT2D eigenvalue weighted by atomic mass is 32.1. The van der Waals surface area contributed by atoms with E-state index in [-0.39, 0.29) is 16.2 Å². The fraction of sp³-hybridized carbons (Fsp3) is 0.167. The molecular formula is C18H18N2O5S. The number of hydrogen-bond donors (Lipinski definition) is 2. The third-order valence-electron chi connectivity index (χ3n) is 3.43. The van der Waals surface area contributed by atoms with Gasteiger partial charge in [-0.15, -0.1) is 0 Å². The summed E-state index contributed by atoms with van der Waals surface area (Å²) in [4.78, 5) is 23.9. The van der Waals surface area contributed by atoms with Gasteiger partial charge in [-0.3, -0.25) is 10.1 Å². The summed E-state index contributed by atoms with van der Waals surface area (Å²) >= 11 is 5.18. The van der Waals surface area contributed by atoms with Gasteiger partial charge in [0.2, 0.25) is 0 Å². The van der Waals surface area contributed by atoms with E-state index in [4.69, 9.17) is 21.7 Å². The maximum atomic E-state index is 12.3. The van der Waals surface area contributed by atoms with Gasteiger partial charge in [-0.05, 0) is 42.5 Å². The van der Waals surface area contributed by atoms with E-state index in [2.05, 4.69) is 15.4 Å². The molecule has 0 aromatic heterocycles. The van der Waals surface area contributed by atoms with Crippen molar-refractivity contribution in [2.24, 2.45) is 0 Å². The summed E-state index contributed by atoms with van der Waals surface area (Å²) in [5.74, 6) is 0.153. The third kappa shape index (κ3) is 4.70. The largest absolute Gasteiger partial charge is 0.497 e. The predicted molar refractivity (Wildman–Crippen MR) is 101 cm³/mol. The van der Waals surface area contributed by atoms with E-state index >= 15 is 0 Å². The van der Waals surface area contributed by atoms with Crippen LogP contribution in [-0.2, 0) is 4.74 Å². The Hall–Kier alpha value is -3.13. The van der Waals surface area contributed by atoms with Crippen molar-refractivity contribution in [1.29, 1.82) is 0 Å². The second kappa shape index (κ2) is 8.82. The van der Waals surface area contributed by atoms with E-state index < -0.39 is 11.9 Å². The van der Waals surface area contributed by atoms with Crippen molar-refractivity contribution in [1.82, 2.24) is 5.32 Å². The van der Waals surface area contributed by atoms with Crippen LogP contribution < -0.4 is 20.1 Å². The molecule has 2 rings (SSSR count). The molecule has 2 aromatic carbocycles. The van der Waals surface area contributed by atoms with Crippen LogP contribution in [0.4, 0.5) is 5.69 Å². The standard InChI is InChI=1S/C18H18N2O5S/c1-23-13-7-8-15(24-2)14(10-13)19-18(26)20-16(21)11-5-4-6-12(9-11)17(22)25-3/h4-10H,1-3H3,(H2,19,20,21,26). The number of amides is 1. The number of anilines is 1. The van der Waals surface area contributed by atoms with Crippen LogP contribution in [0.2, 0.25) is 0 Å². The van der Waals surface area contributed by atoms with E-state index in [1.807, 2.05) is 0 Å². The molecule has 0 heterocycles. The number of hydrogen-bond acceptors (Lipinski definition) is 6. The van der Waals surface area contributed by atoms with Gasteiger partial charge in [-0.1, -0.05) is 6.07 Å². The molecule has 0 aliphatic rings. The molecule has 2 N–H and O–H groups in total. The number of nitrogens with one attached hydrogen (secondary N) is 2. The zero-order chi connectivity index (χ0) is 19.1. The first-order valence-corrected chi connectivity index (χ1v) is 7.92. The van der Waals surface area contributed by atoms with E-state index in [0.29, 0.717) is 17.2 Å². The van der Waals surface area contributed by atoms with Crippen LogP contribution in [0.25, 0.3) is 0 Å². The predicted octanol–water partition coefficient (Wildman–Crippen LogP) is 2.62. The molecule has 0 spiro atoms. The summed E-state index contributed by atoms with van der Waals surface area (Å²) in [5, 5.41) is 5.51. The number of carbonyl (C=O) groups excluding carboxylic acids is 2. The van der Waals surface area contributed by atoms with Gasteiger partial charge in [-0.25, -0.2) is 4.79 Å². The SMILES string of the molecule is COC(=O)c1cccc(C(=O)NC(=S)Nc2cc(OC)ccc2OC)c1. The molecule has 0 aliphatic heterocycles. The van der Waals surface area contributed by atoms with Gasteiger partial charge < -0.3 is 19.5 Å². The lowest BCUT2D eigenvalue weighted by molar-refractivity contribution is 0.0600. The first-order valence-electron chi connectivity index (χ1n) is 7.51. The number of rotatable bonds is 5. The number of methoxy groups -OCH3 is 3. The fourth-order valence-electron chi connectivity index (χ4n) is 2.15. The molecule has 7 nitrogen and oxygen atoms in total. The molecule has 1 amide bonds. The zero-order valence-electron chi connectivity index (χ0n) is 14.5. The van der Waals surface area contributed by atoms with Crippen LogP contribution in [0.1, 0.15) is 20.7 Å². The van der Waals surface area contributed by atoms with Crippen molar-refractivity contribution in [3.63, 3.8) is 0 Å². The van der Waals surface area contributed by atoms with Gasteiger partial charge in [0.1, 0.15) is 11.5 Å². The van der Waals surface area contributed by atoms with Gasteiger partial charge in [0.15, 0.2) is 5.11 Å². The van der Waals surface area contributed by atoms with Crippen molar-refractivity contribution in [3.8, 4) is 11.5 Å². The molecule has 8 heteroatoms. The number of carbonyl (C=O) groups is 2. The number of esters is 1. The summed E-state index contributed by atoms with van der Waals surface area (Å²) in [6.45, 7) is 0. The lowest BCUT2D eigenvalue weighted by atomic mass is 10.1. The van der Waals surface area contributed by atoms with Crippen molar-refractivity contribution < 1.29 is 23.8 Å². The quantitative estimate of drug-likeness (QED) is 0.615. The Morgan fingerprint density at radius 3 is 2.35 bits per heavy atom. The van der Waals surface area contributed by atoms with Crippen LogP contribution in [0.5, 0.6) is 11.5 Å². The molecule has 0 saturated heterocycles. The van der Waals surface area contributed by atoms with Crippen LogP contribution in [0.3, 0.4) is 0 Å². The van der Waals surface area contributed by atoms with Crippen molar-refractivity contribution in [2.45, 2.75) is 0 Å². The Kier molecular flexibility index (Phi) is 6.51. The second-order valence-electron chi connectivity index (χ2n) is 5.05. The normalized spacial score (nSPS) is 9.81. The second-order valence-corrected chi connectivity index (χ2v) is 5.46. The Morgan fingerprint density at radius 1 is 0.962 bits per heavy atom. The smallest absolute Gasteiger partial charge is 0.337 e. The lowest BCUT2D eigenvalue weighted by Gasteiger charge is -2.14. The van der Waals surface area contributed by atoms with Crippen LogP contribution in [0.15, 0.2) is 42.5 Å². The topological polar surface area (TPSA) is 85.9 Å². The van der Waals surface area contributed by atoms with Crippen molar-refractivity contribution in [2.75, 3.05) is 26.6 Å². The Balaban J connectivity index is 2.11. The summed E-state index contributed by atoms with van der Waals surface area (Å²) in [7, 11) is 4.34. The number of ether oxygens (including phenoxy) is 3. The minimum absolute atomic E-state index is 0.0741. The lowest BCUT2D eigenvalue weighted by Crippen LogP contribution is -2.34. The molecule has 0 fully saturated rings. The number of thiocarbonyl (C=S) groups is 1. The van der Waals surface area contributed by atoms with Crippen LogP contribution >= 0.6 is 12.2 Å². The highest BCUT2D eigenvalue weighted by Crippen LogP contribution is 2.28. The Labute approximate surface area is 156 Å². The highest BCUT2D eigenvalue weighted by molar-refractivity contribution is 7.80. The summed E-state index contributed by atoms with van der Waals surface area (Å²) in [6.07, 6.45) is 0. The molecular weight excluding hydrogens is 356 g/mol. The molecule has 0 aliphatic carbocycles. The molecule has 136 valence electrons. The van der Waals surface area contributed by atoms with E-state index in [9.17, 15) is 9.59 Å². The zero-order valence-corrected chi connectivity index (χ0v) is 15.3. The Bertz CT molecular complexity index is 838.